The number of aromatic nitrogens is 3. The Hall–Kier alpha value is -2.17. The molecule has 0 fully saturated rings. The van der Waals surface area contributed by atoms with Crippen LogP contribution in [0.5, 0.6) is 0 Å². The third-order valence-electron chi connectivity index (χ3n) is 4.41. The standard InChI is InChI=1S/C18H13Cl2F4N3O2S/c1-3-30(28,29)13-6-9(18(22,23)24)7-25-16(13)17-26-8-12(27(17)2)10-4-5-11(19)14(20)15(10)21/h4-8H,3H2,1-2H3. The fourth-order valence-corrected chi connectivity index (χ4v) is 4.13. The molecule has 1 aromatic carbocycles. The smallest absolute Gasteiger partial charge is 0.326 e. The monoisotopic (exact) mass is 481 g/mol. The summed E-state index contributed by atoms with van der Waals surface area (Å²) >= 11 is 11.6. The molecule has 2 aromatic heterocycles. The van der Waals surface area contributed by atoms with Crippen LogP contribution in [0, 0.1) is 5.82 Å². The Morgan fingerprint density at radius 1 is 1.13 bits per heavy atom. The SMILES string of the molecule is CCS(=O)(=O)c1cc(C(F)(F)F)cnc1-c1ncc(-c2ccc(Cl)c(Cl)c2F)n1C. The highest BCUT2D eigenvalue weighted by Gasteiger charge is 2.34. The van der Waals surface area contributed by atoms with E-state index >= 15 is 0 Å². The van der Waals surface area contributed by atoms with Crippen LogP contribution in [0.1, 0.15) is 12.5 Å². The molecule has 0 N–H and O–H groups in total. The maximum Gasteiger partial charge on any atom is 0.417 e. The maximum absolute atomic E-state index is 14.6. The number of sulfone groups is 1. The van der Waals surface area contributed by atoms with E-state index in [1.54, 1.807) is 0 Å². The first-order chi connectivity index (χ1) is 13.9. The van der Waals surface area contributed by atoms with Crippen LogP contribution in [0.15, 0.2) is 35.5 Å². The van der Waals surface area contributed by atoms with E-state index in [4.69, 9.17) is 23.2 Å². The molecule has 0 amide bonds. The van der Waals surface area contributed by atoms with Crippen LogP contribution >= 0.6 is 23.2 Å². The van der Waals surface area contributed by atoms with Crippen LogP contribution in [0.2, 0.25) is 10.0 Å². The average molecular weight is 482 g/mol. The molecule has 0 saturated carbocycles. The second-order valence-electron chi connectivity index (χ2n) is 6.22. The summed E-state index contributed by atoms with van der Waals surface area (Å²) in [5.74, 6) is -1.32. The van der Waals surface area contributed by atoms with Gasteiger partial charge in [0.15, 0.2) is 21.5 Å². The molecule has 0 aliphatic rings. The third kappa shape index (κ3) is 3.91. The lowest BCUT2D eigenvalue weighted by molar-refractivity contribution is -0.138. The summed E-state index contributed by atoms with van der Waals surface area (Å²) in [7, 11) is -2.64. The van der Waals surface area contributed by atoms with Crippen molar-refractivity contribution in [2.75, 3.05) is 5.75 Å². The Bertz CT molecular complexity index is 1240. The fraction of sp³-hybridized carbons (Fsp3) is 0.222. The van der Waals surface area contributed by atoms with Crippen LogP contribution in [0.4, 0.5) is 17.6 Å². The lowest BCUT2D eigenvalue weighted by Gasteiger charge is -2.13. The summed E-state index contributed by atoms with van der Waals surface area (Å²) in [6.45, 7) is 1.30. The van der Waals surface area contributed by atoms with Crippen LogP contribution in [-0.4, -0.2) is 28.7 Å². The highest BCUT2D eigenvalue weighted by molar-refractivity contribution is 7.91. The van der Waals surface area contributed by atoms with Crippen molar-refractivity contribution in [3.05, 3.63) is 52.0 Å². The van der Waals surface area contributed by atoms with Gasteiger partial charge >= 0.3 is 6.18 Å². The van der Waals surface area contributed by atoms with Crippen molar-refractivity contribution in [3.8, 4) is 22.8 Å². The zero-order valence-electron chi connectivity index (χ0n) is 15.4. The van der Waals surface area contributed by atoms with Crippen LogP contribution in [0.25, 0.3) is 22.8 Å². The summed E-state index contributed by atoms with van der Waals surface area (Å²) in [6, 6.07) is 3.25. The molecule has 0 radical (unpaired) electrons. The van der Waals surface area contributed by atoms with Crippen molar-refractivity contribution in [1.82, 2.24) is 14.5 Å². The predicted octanol–water partition coefficient (Wildman–Crippen LogP) is 5.41. The molecule has 0 bridgehead atoms. The molecule has 0 aliphatic carbocycles. The highest BCUT2D eigenvalue weighted by atomic mass is 35.5. The van der Waals surface area contributed by atoms with E-state index in [9.17, 15) is 26.0 Å². The van der Waals surface area contributed by atoms with Crippen molar-refractivity contribution in [1.29, 1.82) is 0 Å². The fourth-order valence-electron chi connectivity index (χ4n) is 2.76. The van der Waals surface area contributed by atoms with Crippen molar-refractivity contribution in [3.63, 3.8) is 0 Å². The Labute approximate surface area is 179 Å². The Kier molecular flexibility index (Phi) is 5.87. The second-order valence-corrected chi connectivity index (χ2v) is 9.25. The van der Waals surface area contributed by atoms with Gasteiger partial charge < -0.3 is 4.57 Å². The van der Waals surface area contributed by atoms with Gasteiger partial charge in [-0.25, -0.2) is 17.8 Å². The Balaban J connectivity index is 2.25. The number of alkyl halides is 3. The number of hydrogen-bond donors (Lipinski definition) is 0. The number of hydrogen-bond acceptors (Lipinski definition) is 4. The van der Waals surface area contributed by atoms with E-state index in [1.807, 2.05) is 0 Å². The van der Waals surface area contributed by atoms with Gasteiger partial charge in [-0.1, -0.05) is 30.1 Å². The van der Waals surface area contributed by atoms with Gasteiger partial charge in [-0.05, 0) is 18.2 Å². The molecule has 160 valence electrons. The molecular formula is C18H13Cl2F4N3O2S. The van der Waals surface area contributed by atoms with E-state index < -0.39 is 38.0 Å². The van der Waals surface area contributed by atoms with Crippen molar-refractivity contribution in [2.45, 2.75) is 18.0 Å². The highest BCUT2D eigenvalue weighted by Crippen LogP contribution is 2.37. The number of pyridine rings is 1. The molecule has 0 spiro atoms. The minimum atomic E-state index is -4.78. The molecule has 12 heteroatoms. The first kappa shape index (κ1) is 22.5. The summed E-state index contributed by atoms with van der Waals surface area (Å²) in [6.07, 6.45) is -3.02. The minimum absolute atomic E-state index is 0.000963. The van der Waals surface area contributed by atoms with Crippen LogP contribution < -0.4 is 0 Å². The molecule has 0 aliphatic heterocycles. The van der Waals surface area contributed by atoms with Gasteiger partial charge in [0.05, 0.1) is 38.1 Å². The summed E-state index contributed by atoms with van der Waals surface area (Å²) in [5.41, 5.74) is -1.26. The van der Waals surface area contributed by atoms with Gasteiger partial charge in [0.1, 0.15) is 5.69 Å². The Morgan fingerprint density at radius 2 is 1.80 bits per heavy atom. The van der Waals surface area contributed by atoms with Gasteiger partial charge in [-0.3, -0.25) is 4.98 Å². The molecule has 30 heavy (non-hydrogen) atoms. The molecule has 3 aromatic rings. The van der Waals surface area contributed by atoms with E-state index in [-0.39, 0.29) is 32.8 Å². The Morgan fingerprint density at radius 3 is 2.40 bits per heavy atom. The first-order valence-electron chi connectivity index (χ1n) is 8.34. The van der Waals surface area contributed by atoms with E-state index in [2.05, 4.69) is 9.97 Å². The number of imidazole rings is 1. The number of rotatable bonds is 4. The zero-order chi connectivity index (χ0) is 22.4. The lowest BCUT2D eigenvalue weighted by atomic mass is 10.1. The van der Waals surface area contributed by atoms with Crippen molar-refractivity contribution >= 4 is 33.0 Å². The molecular weight excluding hydrogens is 469 g/mol. The lowest BCUT2D eigenvalue weighted by Crippen LogP contribution is -2.13. The zero-order valence-corrected chi connectivity index (χ0v) is 17.8. The third-order valence-corrected chi connectivity index (χ3v) is 6.93. The van der Waals surface area contributed by atoms with Crippen molar-refractivity contribution in [2.24, 2.45) is 7.05 Å². The van der Waals surface area contributed by atoms with Crippen molar-refractivity contribution < 1.29 is 26.0 Å². The van der Waals surface area contributed by atoms with E-state index in [1.165, 1.54) is 36.9 Å². The van der Waals surface area contributed by atoms with Gasteiger partial charge in [0.2, 0.25) is 0 Å². The summed E-state index contributed by atoms with van der Waals surface area (Å²) in [5, 5.41) is -0.306. The summed E-state index contributed by atoms with van der Waals surface area (Å²) in [4.78, 5) is 7.18. The largest absolute Gasteiger partial charge is 0.417 e. The molecule has 5 nitrogen and oxygen atoms in total. The van der Waals surface area contributed by atoms with Crippen LogP contribution in [0.3, 0.4) is 0 Å². The molecule has 3 rings (SSSR count). The molecule has 2 heterocycles. The molecule has 0 saturated heterocycles. The maximum atomic E-state index is 14.6. The first-order valence-corrected chi connectivity index (χ1v) is 10.7. The van der Waals surface area contributed by atoms with Gasteiger partial charge in [0, 0.05) is 18.8 Å². The minimum Gasteiger partial charge on any atom is -0.326 e. The normalized spacial score (nSPS) is 12.4. The number of benzene rings is 1. The second kappa shape index (κ2) is 7.82. The number of nitrogens with zero attached hydrogens (tertiary/aromatic N) is 3. The van der Waals surface area contributed by atoms with Crippen LogP contribution in [-0.2, 0) is 23.1 Å². The number of halogens is 6. The van der Waals surface area contributed by atoms with Gasteiger partial charge in [-0.2, -0.15) is 13.2 Å². The van der Waals surface area contributed by atoms with E-state index in [0.717, 1.165) is 0 Å². The average Bonchev–Trinajstić information content (AvgIpc) is 3.06. The predicted molar refractivity (Wildman–Crippen MR) is 105 cm³/mol. The van der Waals surface area contributed by atoms with Gasteiger partial charge in [0.25, 0.3) is 0 Å². The quantitative estimate of drug-likeness (QED) is 0.369. The topological polar surface area (TPSA) is 64.8 Å². The summed E-state index contributed by atoms with van der Waals surface area (Å²) < 4.78 is 80.1. The van der Waals surface area contributed by atoms with E-state index in [0.29, 0.717) is 12.3 Å². The van der Waals surface area contributed by atoms with Gasteiger partial charge in [-0.15, -0.1) is 0 Å². The molecule has 0 atom stereocenters. The molecule has 0 unspecified atom stereocenters.